The van der Waals surface area contributed by atoms with Crippen LogP contribution in [0, 0.1) is 29.6 Å². The van der Waals surface area contributed by atoms with Gasteiger partial charge in [-0.25, -0.2) is 0 Å². The Morgan fingerprint density at radius 1 is 1.05 bits per heavy atom. The second kappa shape index (κ2) is 4.37. The monoisotopic (exact) mass is 270 g/mol. The van der Waals surface area contributed by atoms with Gasteiger partial charge >= 0.3 is 0 Å². The van der Waals surface area contributed by atoms with Crippen molar-refractivity contribution in [2.75, 3.05) is 6.54 Å². The second-order valence-corrected chi connectivity index (χ2v) is 7.96. The second-order valence-electron chi connectivity index (χ2n) is 7.96. The van der Waals surface area contributed by atoms with E-state index in [1.807, 2.05) is 0 Å². The van der Waals surface area contributed by atoms with Crippen LogP contribution in [0.1, 0.15) is 50.3 Å². The fourth-order valence-electron chi connectivity index (χ4n) is 6.31. The van der Waals surface area contributed by atoms with Gasteiger partial charge in [-0.05, 0) is 80.2 Å². The van der Waals surface area contributed by atoms with Crippen molar-refractivity contribution in [3.05, 3.63) is 24.0 Å². The Hall–Kier alpha value is -0.760. The molecule has 5 aliphatic rings. The first kappa shape index (κ1) is 11.9. The van der Waals surface area contributed by atoms with Crippen molar-refractivity contribution in [1.82, 2.24) is 9.88 Å². The minimum atomic E-state index is 0.626. The van der Waals surface area contributed by atoms with Crippen LogP contribution in [0.25, 0.3) is 0 Å². The van der Waals surface area contributed by atoms with E-state index in [4.69, 9.17) is 0 Å². The van der Waals surface area contributed by atoms with Crippen molar-refractivity contribution < 1.29 is 0 Å². The van der Waals surface area contributed by atoms with Crippen LogP contribution in [0.3, 0.4) is 0 Å². The summed E-state index contributed by atoms with van der Waals surface area (Å²) in [6.07, 6.45) is 11.5. The predicted octanol–water partition coefficient (Wildman–Crippen LogP) is 3.59. The summed E-state index contributed by atoms with van der Waals surface area (Å²) in [5.74, 6) is 5.37. The molecule has 108 valence electrons. The van der Waals surface area contributed by atoms with Crippen LogP contribution in [0.4, 0.5) is 0 Å². The van der Waals surface area contributed by atoms with Gasteiger partial charge in [0.15, 0.2) is 0 Å². The van der Waals surface area contributed by atoms with Crippen LogP contribution < -0.4 is 5.32 Å². The van der Waals surface area contributed by atoms with Crippen molar-refractivity contribution >= 4 is 0 Å². The van der Waals surface area contributed by atoms with E-state index in [2.05, 4.69) is 28.2 Å². The molecule has 4 saturated carbocycles. The third-order valence-electron chi connectivity index (χ3n) is 6.89. The Bertz CT molecular complexity index is 475. The lowest BCUT2D eigenvalue weighted by atomic mass is 9.51. The van der Waals surface area contributed by atoms with E-state index in [0.717, 1.165) is 42.7 Å². The molecule has 1 unspecified atom stereocenters. The first-order chi connectivity index (χ1) is 9.87. The van der Waals surface area contributed by atoms with E-state index in [0.29, 0.717) is 6.04 Å². The lowest BCUT2D eigenvalue weighted by Gasteiger charge is -2.55. The largest absolute Gasteiger partial charge is 0.349 e. The topological polar surface area (TPSA) is 17.0 Å². The van der Waals surface area contributed by atoms with Gasteiger partial charge in [-0.3, -0.25) is 0 Å². The van der Waals surface area contributed by atoms with Crippen molar-refractivity contribution in [2.45, 2.75) is 51.1 Å². The number of hydrogen-bond acceptors (Lipinski definition) is 1. The van der Waals surface area contributed by atoms with Gasteiger partial charge in [0.2, 0.25) is 0 Å². The summed E-state index contributed by atoms with van der Waals surface area (Å²) >= 11 is 0. The molecule has 1 atom stereocenters. The quantitative estimate of drug-likeness (QED) is 0.869. The minimum Gasteiger partial charge on any atom is -0.349 e. The Morgan fingerprint density at radius 3 is 2.55 bits per heavy atom. The van der Waals surface area contributed by atoms with Crippen LogP contribution in [0.15, 0.2) is 18.3 Å². The fraction of sp³-hybridized carbons (Fsp3) is 0.778. The zero-order valence-corrected chi connectivity index (χ0v) is 12.3. The van der Waals surface area contributed by atoms with Crippen LogP contribution in [0.2, 0.25) is 0 Å². The SMILES string of the molecule is c1cc2n(c1)CCNC2CC1C2CC3CC(C2)CC1C3. The molecule has 20 heavy (non-hydrogen) atoms. The van der Waals surface area contributed by atoms with E-state index in [9.17, 15) is 0 Å². The number of fused-ring (bicyclic) bond motifs is 1. The summed E-state index contributed by atoms with van der Waals surface area (Å²) in [6, 6.07) is 5.19. The first-order valence-corrected chi connectivity index (χ1v) is 8.75. The molecule has 0 aromatic carbocycles. The highest BCUT2D eigenvalue weighted by atomic mass is 15.1. The molecule has 1 aromatic heterocycles. The average molecular weight is 270 g/mol. The van der Waals surface area contributed by atoms with Crippen LogP contribution in [-0.4, -0.2) is 11.1 Å². The zero-order chi connectivity index (χ0) is 13.1. The number of nitrogens with one attached hydrogen (secondary N) is 1. The predicted molar refractivity (Wildman–Crippen MR) is 80.3 cm³/mol. The highest BCUT2D eigenvalue weighted by molar-refractivity contribution is 5.15. The van der Waals surface area contributed by atoms with Crippen molar-refractivity contribution in [1.29, 1.82) is 0 Å². The Morgan fingerprint density at radius 2 is 1.80 bits per heavy atom. The molecule has 2 heterocycles. The van der Waals surface area contributed by atoms with Crippen LogP contribution in [0.5, 0.6) is 0 Å². The fourth-order valence-corrected chi connectivity index (χ4v) is 6.31. The molecule has 4 bridgehead atoms. The van der Waals surface area contributed by atoms with E-state index in [-0.39, 0.29) is 0 Å². The summed E-state index contributed by atoms with van der Waals surface area (Å²) in [6.45, 7) is 2.31. The summed E-state index contributed by atoms with van der Waals surface area (Å²) in [7, 11) is 0. The molecule has 0 saturated heterocycles. The molecule has 4 aliphatic carbocycles. The number of rotatable bonds is 2. The third kappa shape index (κ3) is 1.73. The van der Waals surface area contributed by atoms with E-state index >= 15 is 0 Å². The third-order valence-corrected chi connectivity index (χ3v) is 6.89. The summed E-state index contributed by atoms with van der Waals surface area (Å²) in [5, 5.41) is 3.80. The van der Waals surface area contributed by atoms with Gasteiger partial charge in [-0.2, -0.15) is 0 Å². The molecular formula is C18H26N2. The van der Waals surface area contributed by atoms with Gasteiger partial charge in [-0.15, -0.1) is 0 Å². The summed E-state index contributed by atoms with van der Waals surface area (Å²) < 4.78 is 2.47. The van der Waals surface area contributed by atoms with Crippen molar-refractivity contribution in [3.63, 3.8) is 0 Å². The molecule has 1 aliphatic heterocycles. The molecule has 0 radical (unpaired) electrons. The normalized spacial score (nSPS) is 45.6. The Kier molecular flexibility index (Phi) is 2.59. The Labute approximate surface area is 121 Å². The number of nitrogens with zero attached hydrogens (tertiary/aromatic N) is 1. The van der Waals surface area contributed by atoms with Gasteiger partial charge in [0, 0.05) is 31.0 Å². The molecule has 1 N–H and O–H groups in total. The zero-order valence-electron chi connectivity index (χ0n) is 12.3. The highest BCUT2D eigenvalue weighted by Gasteiger charge is 2.48. The molecule has 1 aromatic rings. The number of aromatic nitrogens is 1. The maximum atomic E-state index is 3.80. The molecule has 2 heteroatoms. The van der Waals surface area contributed by atoms with Crippen LogP contribution in [-0.2, 0) is 6.54 Å². The molecule has 0 spiro atoms. The molecule has 2 nitrogen and oxygen atoms in total. The van der Waals surface area contributed by atoms with E-state index in [1.165, 1.54) is 6.42 Å². The summed E-state index contributed by atoms with van der Waals surface area (Å²) in [4.78, 5) is 0. The van der Waals surface area contributed by atoms with E-state index < -0.39 is 0 Å². The first-order valence-electron chi connectivity index (χ1n) is 8.75. The maximum absolute atomic E-state index is 3.80. The average Bonchev–Trinajstić information content (AvgIpc) is 2.91. The van der Waals surface area contributed by atoms with Gasteiger partial charge in [0.25, 0.3) is 0 Å². The van der Waals surface area contributed by atoms with Gasteiger partial charge in [0.1, 0.15) is 0 Å². The van der Waals surface area contributed by atoms with Crippen molar-refractivity contribution in [3.8, 4) is 0 Å². The highest BCUT2D eigenvalue weighted by Crippen LogP contribution is 2.58. The lowest BCUT2D eigenvalue weighted by molar-refractivity contribution is -0.0440. The van der Waals surface area contributed by atoms with Crippen LogP contribution >= 0.6 is 0 Å². The standard InChI is InChI=1S/C18H26N2/c1-2-18-17(19-3-5-20(18)4-1)11-16-14-7-12-6-13(9-14)10-15(16)8-12/h1-2,4,12-17,19H,3,5-11H2. The molecule has 6 rings (SSSR count). The van der Waals surface area contributed by atoms with E-state index in [1.54, 1.807) is 37.8 Å². The van der Waals surface area contributed by atoms with Gasteiger partial charge in [0.05, 0.1) is 0 Å². The van der Waals surface area contributed by atoms with Crippen molar-refractivity contribution in [2.24, 2.45) is 29.6 Å². The summed E-state index contributed by atoms with van der Waals surface area (Å²) in [5.41, 5.74) is 1.55. The number of hydrogen-bond donors (Lipinski definition) is 1. The molecular weight excluding hydrogens is 244 g/mol. The lowest BCUT2D eigenvalue weighted by Crippen LogP contribution is -2.46. The smallest absolute Gasteiger partial charge is 0.0478 e. The molecule has 4 fully saturated rings. The molecule has 0 amide bonds. The Balaban J connectivity index is 1.38. The van der Waals surface area contributed by atoms with Gasteiger partial charge in [-0.1, -0.05) is 0 Å². The minimum absolute atomic E-state index is 0.626. The maximum Gasteiger partial charge on any atom is 0.0478 e. The van der Waals surface area contributed by atoms with Gasteiger partial charge < -0.3 is 9.88 Å².